The molecule has 0 fully saturated rings. The van der Waals surface area contributed by atoms with E-state index >= 15 is 0 Å². The Kier molecular flexibility index (Phi) is 8.86. The topological polar surface area (TPSA) is 86.8 Å². The summed E-state index contributed by atoms with van der Waals surface area (Å²) >= 11 is 0. The van der Waals surface area contributed by atoms with Gasteiger partial charge in [0.2, 0.25) is 0 Å². The number of nitrogens with one attached hydrogen (secondary N) is 1. The van der Waals surface area contributed by atoms with Crippen LogP contribution in [0.15, 0.2) is 103 Å². The SMILES string of the molecule is COC(=O)[C@@H](Cc1ccc(OCc2ccccc2)c(OCc2ccccc2)c1)NC(=O)c1ccccn1. The molecule has 4 aromatic rings. The Balaban J connectivity index is 1.53. The van der Waals surface area contributed by atoms with Crippen molar-refractivity contribution in [1.29, 1.82) is 0 Å². The normalized spacial score (nSPS) is 11.3. The third kappa shape index (κ3) is 7.41. The van der Waals surface area contributed by atoms with Gasteiger partial charge in [0.05, 0.1) is 7.11 Å². The van der Waals surface area contributed by atoms with Gasteiger partial charge in [0.25, 0.3) is 5.91 Å². The van der Waals surface area contributed by atoms with Crippen molar-refractivity contribution >= 4 is 11.9 Å². The first-order valence-electron chi connectivity index (χ1n) is 11.9. The van der Waals surface area contributed by atoms with Gasteiger partial charge in [-0.15, -0.1) is 0 Å². The van der Waals surface area contributed by atoms with Crippen LogP contribution >= 0.6 is 0 Å². The first kappa shape index (κ1) is 25.4. The molecule has 37 heavy (non-hydrogen) atoms. The van der Waals surface area contributed by atoms with Gasteiger partial charge in [-0.05, 0) is 41.0 Å². The molecular formula is C30H28N2O5. The molecule has 0 aliphatic carbocycles. The second-order valence-electron chi connectivity index (χ2n) is 8.30. The number of carbonyl (C=O) groups excluding carboxylic acids is 2. The number of hydrogen-bond donors (Lipinski definition) is 1. The molecule has 188 valence electrons. The second-order valence-corrected chi connectivity index (χ2v) is 8.30. The van der Waals surface area contributed by atoms with Crippen molar-refractivity contribution in [2.45, 2.75) is 25.7 Å². The highest BCUT2D eigenvalue weighted by molar-refractivity contribution is 5.95. The van der Waals surface area contributed by atoms with Gasteiger partial charge in [-0.2, -0.15) is 0 Å². The molecule has 0 saturated carbocycles. The van der Waals surface area contributed by atoms with E-state index in [-0.39, 0.29) is 12.1 Å². The van der Waals surface area contributed by atoms with Gasteiger partial charge in [0.1, 0.15) is 24.9 Å². The van der Waals surface area contributed by atoms with E-state index in [1.807, 2.05) is 78.9 Å². The Morgan fingerprint density at radius 3 is 1.97 bits per heavy atom. The van der Waals surface area contributed by atoms with Crippen LogP contribution in [0.2, 0.25) is 0 Å². The van der Waals surface area contributed by atoms with Gasteiger partial charge in [-0.25, -0.2) is 4.79 Å². The summed E-state index contributed by atoms with van der Waals surface area (Å²) in [5.74, 6) is 0.104. The van der Waals surface area contributed by atoms with Gasteiger partial charge in [-0.3, -0.25) is 9.78 Å². The standard InChI is InChI=1S/C30H28N2O5/c1-35-30(34)26(32-29(33)25-14-8-9-17-31-25)18-24-15-16-27(36-20-22-10-4-2-5-11-22)28(19-24)37-21-23-12-6-3-7-13-23/h2-17,19,26H,18,20-21H2,1H3,(H,32,33)/t26-/m1/s1. The minimum atomic E-state index is -0.905. The zero-order valence-corrected chi connectivity index (χ0v) is 20.5. The number of carbonyl (C=O) groups is 2. The zero-order chi connectivity index (χ0) is 25.9. The van der Waals surface area contributed by atoms with E-state index in [1.54, 1.807) is 18.2 Å². The first-order chi connectivity index (χ1) is 18.1. The number of benzene rings is 3. The number of esters is 1. The third-order valence-electron chi connectivity index (χ3n) is 5.61. The molecule has 0 bridgehead atoms. The van der Waals surface area contributed by atoms with Crippen LogP contribution in [0, 0.1) is 0 Å². The van der Waals surface area contributed by atoms with Crippen molar-refractivity contribution < 1.29 is 23.8 Å². The number of rotatable bonds is 11. The summed E-state index contributed by atoms with van der Waals surface area (Å²) in [6.07, 6.45) is 1.72. The Hall–Kier alpha value is -4.65. The van der Waals surface area contributed by atoms with Gasteiger partial charge < -0.3 is 19.5 Å². The minimum absolute atomic E-state index is 0.200. The average Bonchev–Trinajstić information content (AvgIpc) is 2.96. The lowest BCUT2D eigenvalue weighted by atomic mass is 10.0. The van der Waals surface area contributed by atoms with Crippen LogP contribution in [0.4, 0.5) is 0 Å². The highest BCUT2D eigenvalue weighted by atomic mass is 16.5. The van der Waals surface area contributed by atoms with Crippen molar-refractivity contribution in [1.82, 2.24) is 10.3 Å². The van der Waals surface area contributed by atoms with Gasteiger partial charge in [0, 0.05) is 12.6 Å². The number of hydrogen-bond acceptors (Lipinski definition) is 6. The van der Waals surface area contributed by atoms with Crippen LogP contribution in [0.5, 0.6) is 11.5 Å². The molecule has 0 saturated heterocycles. The molecule has 1 amide bonds. The molecule has 1 atom stereocenters. The van der Waals surface area contributed by atoms with E-state index in [1.165, 1.54) is 13.3 Å². The van der Waals surface area contributed by atoms with Crippen LogP contribution in [0.3, 0.4) is 0 Å². The van der Waals surface area contributed by atoms with Crippen LogP contribution in [-0.4, -0.2) is 30.0 Å². The number of amides is 1. The molecule has 7 heteroatoms. The van der Waals surface area contributed by atoms with Crippen LogP contribution in [0.25, 0.3) is 0 Å². The molecule has 1 heterocycles. The van der Waals surface area contributed by atoms with Crippen molar-refractivity contribution in [3.05, 3.63) is 126 Å². The first-order valence-corrected chi connectivity index (χ1v) is 11.9. The monoisotopic (exact) mass is 496 g/mol. The van der Waals surface area contributed by atoms with Crippen LogP contribution in [-0.2, 0) is 29.2 Å². The van der Waals surface area contributed by atoms with Gasteiger partial charge in [-0.1, -0.05) is 72.8 Å². The predicted molar refractivity (Wildman–Crippen MR) is 139 cm³/mol. The molecule has 0 spiro atoms. The highest BCUT2D eigenvalue weighted by Crippen LogP contribution is 2.30. The fourth-order valence-corrected chi connectivity index (χ4v) is 3.68. The van der Waals surface area contributed by atoms with E-state index in [0.717, 1.165) is 16.7 Å². The van der Waals surface area contributed by atoms with Crippen molar-refractivity contribution in [2.24, 2.45) is 0 Å². The number of aromatic nitrogens is 1. The van der Waals surface area contributed by atoms with Crippen molar-refractivity contribution in [3.63, 3.8) is 0 Å². The summed E-state index contributed by atoms with van der Waals surface area (Å²) in [4.78, 5) is 29.2. The second kappa shape index (κ2) is 12.9. The van der Waals surface area contributed by atoms with E-state index in [4.69, 9.17) is 14.2 Å². The maximum Gasteiger partial charge on any atom is 0.328 e. The van der Waals surface area contributed by atoms with Gasteiger partial charge >= 0.3 is 5.97 Å². The summed E-state index contributed by atoms with van der Waals surface area (Å²) in [5.41, 5.74) is 3.03. The Labute approximate surface area is 216 Å². The number of methoxy groups -OCH3 is 1. The fraction of sp³-hybridized carbons (Fsp3) is 0.167. The van der Waals surface area contributed by atoms with E-state index < -0.39 is 17.9 Å². The summed E-state index contributed by atoms with van der Waals surface area (Å²) in [6, 6.07) is 29.3. The average molecular weight is 497 g/mol. The summed E-state index contributed by atoms with van der Waals surface area (Å²) in [6.45, 7) is 0.732. The Morgan fingerprint density at radius 1 is 0.757 bits per heavy atom. The Bertz CT molecular complexity index is 1300. The highest BCUT2D eigenvalue weighted by Gasteiger charge is 2.24. The lowest BCUT2D eigenvalue weighted by Crippen LogP contribution is -2.43. The smallest absolute Gasteiger partial charge is 0.328 e. The fourth-order valence-electron chi connectivity index (χ4n) is 3.68. The molecule has 4 rings (SSSR count). The predicted octanol–water partition coefficient (Wildman–Crippen LogP) is 4.75. The third-order valence-corrected chi connectivity index (χ3v) is 5.61. The van der Waals surface area contributed by atoms with Crippen molar-refractivity contribution in [2.75, 3.05) is 7.11 Å². The Morgan fingerprint density at radius 2 is 1.38 bits per heavy atom. The van der Waals surface area contributed by atoms with E-state index in [0.29, 0.717) is 24.7 Å². The number of ether oxygens (including phenoxy) is 3. The quantitative estimate of drug-likeness (QED) is 0.302. The molecule has 7 nitrogen and oxygen atoms in total. The van der Waals surface area contributed by atoms with Gasteiger partial charge in [0.15, 0.2) is 11.5 Å². The molecular weight excluding hydrogens is 468 g/mol. The number of nitrogens with zero attached hydrogens (tertiary/aromatic N) is 1. The zero-order valence-electron chi connectivity index (χ0n) is 20.5. The molecule has 0 radical (unpaired) electrons. The van der Waals surface area contributed by atoms with Crippen LogP contribution in [0.1, 0.15) is 27.2 Å². The van der Waals surface area contributed by atoms with E-state index in [2.05, 4.69) is 10.3 Å². The lowest BCUT2D eigenvalue weighted by Gasteiger charge is -2.18. The largest absolute Gasteiger partial charge is 0.485 e. The number of pyridine rings is 1. The summed E-state index contributed by atoms with van der Waals surface area (Å²) in [5, 5.41) is 2.72. The van der Waals surface area contributed by atoms with Crippen molar-refractivity contribution in [3.8, 4) is 11.5 Å². The molecule has 1 N–H and O–H groups in total. The summed E-state index contributed by atoms with van der Waals surface area (Å²) < 4.78 is 17.1. The lowest BCUT2D eigenvalue weighted by molar-refractivity contribution is -0.142. The summed E-state index contributed by atoms with van der Waals surface area (Å²) in [7, 11) is 1.29. The molecule has 1 aromatic heterocycles. The molecule has 0 aliphatic rings. The maximum absolute atomic E-state index is 12.6. The van der Waals surface area contributed by atoms with Crippen LogP contribution < -0.4 is 14.8 Å². The maximum atomic E-state index is 12.6. The molecule has 3 aromatic carbocycles. The molecule has 0 aliphatic heterocycles. The van der Waals surface area contributed by atoms with E-state index in [9.17, 15) is 9.59 Å². The molecule has 0 unspecified atom stereocenters. The minimum Gasteiger partial charge on any atom is -0.485 e.